The van der Waals surface area contributed by atoms with Crippen LogP contribution in [0.4, 0.5) is 11.6 Å². The standard InChI is InChI=1S/C22H27N7O4/c1-22(5-9-33-10-6-22)13-28-17-11-15(26-16-12-23-7-8-24-16)27-29(17)21(32)18(20(28)31)19(30)25-14-3-2-4-14/h7-8,11-12,14,31H,2-6,9-10,13H2,1H3,(H,25,30)(H,24,26,27). The lowest BCUT2D eigenvalue weighted by Gasteiger charge is -2.34. The quantitative estimate of drug-likeness (QED) is 0.514. The molecule has 3 aromatic heterocycles. The minimum absolute atomic E-state index is 0.0277. The summed E-state index contributed by atoms with van der Waals surface area (Å²) in [6, 6.07) is 1.69. The zero-order valence-electron chi connectivity index (χ0n) is 18.5. The Morgan fingerprint density at radius 1 is 1.27 bits per heavy atom. The third-order valence-electron chi connectivity index (χ3n) is 6.58. The summed E-state index contributed by atoms with van der Waals surface area (Å²) in [7, 11) is 0. The highest BCUT2D eigenvalue weighted by Gasteiger charge is 2.32. The van der Waals surface area contributed by atoms with E-state index >= 15 is 0 Å². The predicted octanol–water partition coefficient (Wildman–Crippen LogP) is 1.83. The van der Waals surface area contributed by atoms with Gasteiger partial charge >= 0.3 is 0 Å². The van der Waals surface area contributed by atoms with Crippen molar-refractivity contribution in [1.82, 2.24) is 29.5 Å². The molecule has 0 bridgehead atoms. The van der Waals surface area contributed by atoms with Crippen LogP contribution in [-0.2, 0) is 11.3 Å². The first-order valence-corrected chi connectivity index (χ1v) is 11.2. The van der Waals surface area contributed by atoms with Crippen LogP contribution in [0.2, 0.25) is 0 Å². The number of nitrogens with zero attached hydrogens (tertiary/aromatic N) is 5. The molecule has 33 heavy (non-hydrogen) atoms. The second-order valence-electron chi connectivity index (χ2n) is 9.13. The molecule has 1 aliphatic heterocycles. The molecule has 1 saturated carbocycles. The summed E-state index contributed by atoms with van der Waals surface area (Å²) in [5.41, 5.74) is -0.744. The molecule has 0 aromatic carbocycles. The topological polar surface area (TPSA) is 136 Å². The van der Waals surface area contributed by atoms with Crippen molar-refractivity contribution in [2.24, 2.45) is 5.41 Å². The van der Waals surface area contributed by atoms with Gasteiger partial charge in [-0.2, -0.15) is 4.52 Å². The highest BCUT2D eigenvalue weighted by Crippen LogP contribution is 2.34. The van der Waals surface area contributed by atoms with Crippen LogP contribution < -0.4 is 16.2 Å². The number of nitrogens with one attached hydrogen (secondary N) is 2. The Labute approximate surface area is 189 Å². The zero-order chi connectivity index (χ0) is 23.0. The highest BCUT2D eigenvalue weighted by atomic mass is 16.5. The molecule has 1 saturated heterocycles. The summed E-state index contributed by atoms with van der Waals surface area (Å²) in [6.07, 6.45) is 9.01. The van der Waals surface area contributed by atoms with Gasteiger partial charge in [0.05, 0.1) is 6.20 Å². The van der Waals surface area contributed by atoms with Crippen LogP contribution in [-0.4, -0.2) is 54.4 Å². The molecule has 11 nitrogen and oxygen atoms in total. The Bertz CT molecular complexity index is 1230. The fourth-order valence-electron chi connectivity index (χ4n) is 4.28. The van der Waals surface area contributed by atoms with Gasteiger partial charge in [0.25, 0.3) is 11.5 Å². The summed E-state index contributed by atoms with van der Waals surface area (Å²) in [5, 5.41) is 21.4. The van der Waals surface area contributed by atoms with Gasteiger partial charge in [-0.25, -0.2) is 4.98 Å². The van der Waals surface area contributed by atoms with E-state index in [4.69, 9.17) is 4.74 Å². The SMILES string of the molecule is CC1(Cn2c(O)c(C(=O)NC3CCC3)c(=O)n3nc(Nc4cnccn4)cc23)CCOCC1. The molecule has 1 amide bonds. The average Bonchev–Trinajstić information content (AvgIpc) is 3.19. The number of hydrogen-bond donors (Lipinski definition) is 3. The summed E-state index contributed by atoms with van der Waals surface area (Å²) in [4.78, 5) is 34.4. The number of carbonyl (C=O) groups is 1. The van der Waals surface area contributed by atoms with E-state index in [1.807, 2.05) is 0 Å². The normalized spacial score (nSPS) is 18.1. The predicted molar refractivity (Wildman–Crippen MR) is 120 cm³/mol. The molecule has 5 rings (SSSR count). The molecule has 11 heteroatoms. The first kappa shape index (κ1) is 21.4. The van der Waals surface area contributed by atoms with E-state index < -0.39 is 11.5 Å². The lowest BCUT2D eigenvalue weighted by Crippen LogP contribution is -2.42. The molecule has 2 fully saturated rings. The van der Waals surface area contributed by atoms with Crippen molar-refractivity contribution in [3.05, 3.63) is 40.6 Å². The van der Waals surface area contributed by atoms with Crippen LogP contribution >= 0.6 is 0 Å². The van der Waals surface area contributed by atoms with Gasteiger partial charge in [-0.15, -0.1) is 5.10 Å². The minimum Gasteiger partial charge on any atom is -0.494 e. The van der Waals surface area contributed by atoms with Crippen molar-refractivity contribution in [3.8, 4) is 5.88 Å². The maximum absolute atomic E-state index is 13.3. The maximum Gasteiger partial charge on any atom is 0.291 e. The van der Waals surface area contributed by atoms with E-state index in [2.05, 4.69) is 32.6 Å². The fourth-order valence-corrected chi connectivity index (χ4v) is 4.28. The lowest BCUT2D eigenvalue weighted by molar-refractivity contribution is 0.0149. The summed E-state index contributed by atoms with van der Waals surface area (Å²) < 4.78 is 8.28. The number of fused-ring (bicyclic) bond motifs is 1. The molecule has 3 aromatic rings. The fraction of sp³-hybridized carbons (Fsp3) is 0.500. The number of rotatable bonds is 6. The van der Waals surface area contributed by atoms with E-state index in [-0.39, 0.29) is 22.9 Å². The number of aromatic nitrogens is 5. The number of ether oxygens (including phenoxy) is 1. The monoisotopic (exact) mass is 453 g/mol. The van der Waals surface area contributed by atoms with Gasteiger partial charge in [0.1, 0.15) is 11.5 Å². The van der Waals surface area contributed by atoms with Crippen LogP contribution in [0.15, 0.2) is 29.5 Å². The molecule has 0 spiro atoms. The van der Waals surface area contributed by atoms with Crippen molar-refractivity contribution in [1.29, 1.82) is 0 Å². The largest absolute Gasteiger partial charge is 0.494 e. The summed E-state index contributed by atoms with van der Waals surface area (Å²) in [6.45, 7) is 3.78. The Balaban J connectivity index is 1.60. The molecular formula is C22H27N7O4. The van der Waals surface area contributed by atoms with Crippen molar-refractivity contribution in [2.45, 2.75) is 51.6 Å². The number of aromatic hydroxyl groups is 1. The number of hydrogen-bond acceptors (Lipinski definition) is 8. The number of carbonyl (C=O) groups excluding carboxylic acids is 1. The Kier molecular flexibility index (Phi) is 5.49. The van der Waals surface area contributed by atoms with Gasteiger partial charge in [-0.05, 0) is 37.5 Å². The average molecular weight is 454 g/mol. The van der Waals surface area contributed by atoms with E-state index in [0.29, 0.717) is 37.0 Å². The van der Waals surface area contributed by atoms with E-state index in [9.17, 15) is 14.7 Å². The number of anilines is 2. The smallest absolute Gasteiger partial charge is 0.291 e. The molecule has 0 atom stereocenters. The van der Waals surface area contributed by atoms with Crippen molar-refractivity contribution in [2.75, 3.05) is 18.5 Å². The molecule has 3 N–H and O–H groups in total. The van der Waals surface area contributed by atoms with Crippen LogP contribution in [0.25, 0.3) is 5.65 Å². The van der Waals surface area contributed by atoms with Gasteiger partial charge < -0.3 is 20.5 Å². The molecule has 1 aliphatic carbocycles. The van der Waals surface area contributed by atoms with Crippen LogP contribution in [0.5, 0.6) is 5.88 Å². The number of amides is 1. The zero-order valence-corrected chi connectivity index (χ0v) is 18.5. The second kappa shape index (κ2) is 8.47. The van der Waals surface area contributed by atoms with Crippen LogP contribution in [0.1, 0.15) is 49.4 Å². The Morgan fingerprint density at radius 3 is 2.73 bits per heavy atom. The van der Waals surface area contributed by atoms with Gasteiger partial charge in [0.2, 0.25) is 5.88 Å². The van der Waals surface area contributed by atoms with Crippen LogP contribution in [0, 0.1) is 5.41 Å². The molecule has 0 unspecified atom stereocenters. The molecular weight excluding hydrogens is 426 g/mol. The van der Waals surface area contributed by atoms with Gasteiger partial charge in [-0.1, -0.05) is 6.92 Å². The Hall–Kier alpha value is -3.47. The van der Waals surface area contributed by atoms with Crippen LogP contribution in [0.3, 0.4) is 0 Å². The first-order chi connectivity index (χ1) is 15.9. The first-order valence-electron chi connectivity index (χ1n) is 11.2. The second-order valence-corrected chi connectivity index (χ2v) is 9.13. The van der Waals surface area contributed by atoms with E-state index in [0.717, 1.165) is 36.6 Å². The van der Waals surface area contributed by atoms with Crippen molar-refractivity contribution in [3.63, 3.8) is 0 Å². The van der Waals surface area contributed by atoms with Crippen molar-refractivity contribution >= 4 is 23.2 Å². The van der Waals surface area contributed by atoms with E-state index in [1.54, 1.807) is 16.8 Å². The third kappa shape index (κ3) is 4.15. The maximum atomic E-state index is 13.3. The third-order valence-corrected chi connectivity index (χ3v) is 6.58. The lowest BCUT2D eigenvalue weighted by atomic mass is 9.82. The van der Waals surface area contributed by atoms with E-state index in [1.165, 1.54) is 12.4 Å². The molecule has 4 heterocycles. The summed E-state index contributed by atoms with van der Waals surface area (Å²) in [5.74, 6) is -0.102. The molecule has 174 valence electrons. The van der Waals surface area contributed by atoms with Gasteiger partial charge in [-0.3, -0.25) is 19.1 Å². The van der Waals surface area contributed by atoms with Gasteiger partial charge in [0.15, 0.2) is 11.4 Å². The highest BCUT2D eigenvalue weighted by molar-refractivity contribution is 5.96. The minimum atomic E-state index is -0.667. The van der Waals surface area contributed by atoms with Crippen molar-refractivity contribution < 1.29 is 14.6 Å². The molecule has 0 radical (unpaired) electrons. The van der Waals surface area contributed by atoms with Gasteiger partial charge in [0, 0.05) is 44.3 Å². The Morgan fingerprint density at radius 2 is 2.06 bits per heavy atom. The summed E-state index contributed by atoms with van der Waals surface area (Å²) >= 11 is 0. The molecule has 2 aliphatic rings.